The zero-order valence-electron chi connectivity index (χ0n) is 11.1. The smallest absolute Gasteiger partial charge is 0.143 e. The van der Waals surface area contributed by atoms with Crippen LogP contribution in [0.25, 0.3) is 0 Å². The Morgan fingerprint density at radius 1 is 1.50 bits per heavy atom. The Morgan fingerprint density at radius 3 is 2.78 bits per heavy atom. The molecule has 0 radical (unpaired) electrons. The number of ketones is 1. The monoisotopic (exact) mass is 247 g/mol. The van der Waals surface area contributed by atoms with Crippen LogP contribution in [0, 0.1) is 24.7 Å². The average molecular weight is 247 g/mol. The molecule has 2 bridgehead atoms. The summed E-state index contributed by atoms with van der Waals surface area (Å²) in [6, 6.07) is 2.10. The fraction of sp³-hybridized carbons (Fsp3) is 0.714. The Bertz CT molecular complexity index is 477. The first-order valence-electron chi connectivity index (χ1n) is 6.84. The van der Waals surface area contributed by atoms with Gasteiger partial charge in [0.25, 0.3) is 0 Å². The molecule has 0 aliphatic heterocycles. The molecule has 2 aliphatic rings. The third-order valence-corrected chi connectivity index (χ3v) is 4.81. The van der Waals surface area contributed by atoms with Crippen molar-refractivity contribution < 1.29 is 4.79 Å². The zero-order valence-corrected chi connectivity index (χ0v) is 11.1. The molecule has 3 rings (SSSR count). The Labute approximate surface area is 108 Å². The van der Waals surface area contributed by atoms with E-state index in [9.17, 15) is 4.79 Å². The summed E-state index contributed by atoms with van der Waals surface area (Å²) in [5, 5.41) is 4.29. The fourth-order valence-electron chi connectivity index (χ4n) is 3.94. The summed E-state index contributed by atoms with van der Waals surface area (Å²) in [5.74, 6) is 1.56. The quantitative estimate of drug-likeness (QED) is 0.873. The first-order chi connectivity index (χ1) is 8.56. The molecule has 2 saturated carbocycles. The maximum absolute atomic E-state index is 12.5. The van der Waals surface area contributed by atoms with Crippen LogP contribution in [0.3, 0.4) is 0 Å². The van der Waals surface area contributed by atoms with E-state index >= 15 is 0 Å². The molecule has 2 N–H and O–H groups in total. The lowest BCUT2D eigenvalue weighted by molar-refractivity contribution is -0.124. The predicted molar refractivity (Wildman–Crippen MR) is 69.0 cm³/mol. The highest BCUT2D eigenvalue weighted by atomic mass is 16.1. The van der Waals surface area contributed by atoms with Crippen molar-refractivity contribution in [3.63, 3.8) is 0 Å². The summed E-state index contributed by atoms with van der Waals surface area (Å²) >= 11 is 0. The van der Waals surface area contributed by atoms with Crippen molar-refractivity contribution in [3.05, 3.63) is 17.5 Å². The van der Waals surface area contributed by atoms with Crippen molar-refractivity contribution in [2.75, 3.05) is 0 Å². The number of aromatic nitrogens is 2. The largest absolute Gasteiger partial charge is 0.327 e. The highest BCUT2D eigenvalue weighted by Crippen LogP contribution is 2.48. The summed E-state index contributed by atoms with van der Waals surface area (Å²) in [6.07, 6.45) is 4.07. The van der Waals surface area contributed by atoms with E-state index in [0.717, 1.165) is 11.4 Å². The molecule has 98 valence electrons. The van der Waals surface area contributed by atoms with E-state index in [1.165, 1.54) is 19.3 Å². The van der Waals surface area contributed by atoms with Crippen LogP contribution >= 0.6 is 0 Å². The number of carbonyl (C=O) groups excluding carboxylic acids is 1. The van der Waals surface area contributed by atoms with E-state index in [-0.39, 0.29) is 12.0 Å². The molecule has 1 aromatic rings. The number of nitrogens with two attached hydrogens (primary N) is 1. The van der Waals surface area contributed by atoms with Crippen LogP contribution in [0.1, 0.15) is 30.7 Å². The van der Waals surface area contributed by atoms with Crippen molar-refractivity contribution in [1.82, 2.24) is 9.78 Å². The van der Waals surface area contributed by atoms with Gasteiger partial charge in [-0.05, 0) is 44.1 Å². The molecule has 4 atom stereocenters. The molecule has 18 heavy (non-hydrogen) atoms. The molecular weight excluding hydrogens is 226 g/mol. The van der Waals surface area contributed by atoms with Gasteiger partial charge in [-0.2, -0.15) is 5.10 Å². The van der Waals surface area contributed by atoms with Crippen molar-refractivity contribution in [2.24, 2.45) is 30.5 Å². The van der Waals surface area contributed by atoms with E-state index in [1.54, 1.807) is 0 Å². The van der Waals surface area contributed by atoms with Gasteiger partial charge in [-0.3, -0.25) is 9.48 Å². The van der Waals surface area contributed by atoms with Crippen LogP contribution in [0.4, 0.5) is 0 Å². The maximum atomic E-state index is 12.5. The second kappa shape index (κ2) is 4.19. The zero-order chi connectivity index (χ0) is 12.9. The number of Topliss-reactive ketones (excluding diaryl/α,β-unsaturated/α-hetero) is 1. The van der Waals surface area contributed by atoms with Crippen molar-refractivity contribution in [2.45, 2.75) is 38.6 Å². The predicted octanol–water partition coefficient (Wildman–Crippen LogP) is 1.21. The van der Waals surface area contributed by atoms with Crippen molar-refractivity contribution in [1.29, 1.82) is 0 Å². The van der Waals surface area contributed by atoms with Crippen LogP contribution < -0.4 is 5.73 Å². The summed E-state index contributed by atoms with van der Waals surface area (Å²) in [4.78, 5) is 12.5. The normalized spacial score (nSPS) is 34.2. The van der Waals surface area contributed by atoms with Crippen LogP contribution in [0.15, 0.2) is 6.07 Å². The maximum Gasteiger partial charge on any atom is 0.143 e. The molecule has 1 heterocycles. The number of hydrogen-bond acceptors (Lipinski definition) is 3. The highest BCUT2D eigenvalue weighted by Gasteiger charge is 2.48. The van der Waals surface area contributed by atoms with Gasteiger partial charge in [0.05, 0.1) is 5.69 Å². The Hall–Kier alpha value is -1.16. The van der Waals surface area contributed by atoms with E-state index in [2.05, 4.69) is 5.10 Å². The SMILES string of the molecule is Cc1cc(CC(=O)C2C3CCC(C3)C2N)n(C)n1. The second-order valence-corrected chi connectivity index (χ2v) is 5.98. The Balaban J connectivity index is 1.74. The van der Waals surface area contributed by atoms with Gasteiger partial charge in [-0.15, -0.1) is 0 Å². The van der Waals surface area contributed by atoms with E-state index in [0.29, 0.717) is 24.0 Å². The van der Waals surface area contributed by atoms with Gasteiger partial charge in [-0.25, -0.2) is 0 Å². The third kappa shape index (κ3) is 1.79. The van der Waals surface area contributed by atoms with Crippen LogP contribution in [0.5, 0.6) is 0 Å². The van der Waals surface area contributed by atoms with Gasteiger partial charge in [0.2, 0.25) is 0 Å². The van der Waals surface area contributed by atoms with Crippen molar-refractivity contribution >= 4 is 5.78 Å². The van der Waals surface area contributed by atoms with Gasteiger partial charge in [0, 0.05) is 31.1 Å². The molecule has 0 aromatic carbocycles. The average Bonchev–Trinajstić information content (AvgIpc) is 2.94. The van der Waals surface area contributed by atoms with E-state index in [4.69, 9.17) is 5.73 Å². The lowest BCUT2D eigenvalue weighted by Crippen LogP contribution is -2.41. The molecule has 2 aliphatic carbocycles. The van der Waals surface area contributed by atoms with E-state index in [1.807, 2.05) is 24.7 Å². The van der Waals surface area contributed by atoms with Gasteiger partial charge >= 0.3 is 0 Å². The topological polar surface area (TPSA) is 60.9 Å². The number of carbonyl (C=O) groups is 1. The summed E-state index contributed by atoms with van der Waals surface area (Å²) in [6.45, 7) is 1.96. The first kappa shape index (κ1) is 11.9. The van der Waals surface area contributed by atoms with Gasteiger partial charge in [0.15, 0.2) is 0 Å². The number of hydrogen-bond donors (Lipinski definition) is 1. The van der Waals surface area contributed by atoms with Crippen LogP contribution in [-0.2, 0) is 18.3 Å². The lowest BCUT2D eigenvalue weighted by atomic mass is 9.81. The molecule has 4 heteroatoms. The minimum Gasteiger partial charge on any atom is -0.327 e. The Morgan fingerprint density at radius 2 is 2.22 bits per heavy atom. The summed E-state index contributed by atoms with van der Waals surface area (Å²) in [5.41, 5.74) is 8.20. The molecule has 4 nitrogen and oxygen atoms in total. The number of nitrogens with zero attached hydrogens (tertiary/aromatic N) is 2. The van der Waals surface area contributed by atoms with Gasteiger partial charge in [-0.1, -0.05) is 0 Å². The standard InChI is InChI=1S/C14H21N3O/c1-8-5-11(17(2)16-8)7-12(18)13-9-3-4-10(6-9)14(13)15/h5,9-10,13-14H,3-4,6-7,15H2,1-2H3. The molecule has 1 aromatic heterocycles. The summed E-state index contributed by atoms with van der Waals surface area (Å²) in [7, 11) is 1.90. The molecule has 0 spiro atoms. The highest BCUT2D eigenvalue weighted by molar-refractivity contribution is 5.84. The molecular formula is C14H21N3O. The minimum atomic E-state index is 0.0963. The second-order valence-electron chi connectivity index (χ2n) is 5.98. The van der Waals surface area contributed by atoms with E-state index < -0.39 is 0 Å². The number of rotatable bonds is 3. The fourth-order valence-corrected chi connectivity index (χ4v) is 3.94. The summed E-state index contributed by atoms with van der Waals surface area (Å²) < 4.78 is 1.81. The molecule has 2 fully saturated rings. The van der Waals surface area contributed by atoms with Crippen LogP contribution in [0.2, 0.25) is 0 Å². The molecule has 4 unspecified atom stereocenters. The van der Waals surface area contributed by atoms with Gasteiger partial charge < -0.3 is 5.73 Å². The third-order valence-electron chi connectivity index (χ3n) is 4.81. The van der Waals surface area contributed by atoms with Gasteiger partial charge in [0.1, 0.15) is 5.78 Å². The van der Waals surface area contributed by atoms with Crippen LogP contribution in [-0.4, -0.2) is 21.6 Å². The number of aryl methyl sites for hydroxylation is 2. The lowest BCUT2D eigenvalue weighted by Gasteiger charge is -2.26. The number of fused-ring (bicyclic) bond motifs is 2. The minimum absolute atomic E-state index is 0.0963. The molecule has 0 amide bonds. The van der Waals surface area contributed by atoms with Crippen molar-refractivity contribution in [3.8, 4) is 0 Å². The first-order valence-corrected chi connectivity index (χ1v) is 6.84. The Kier molecular flexibility index (Phi) is 2.77. The molecule has 0 saturated heterocycles.